The molecule has 1 aliphatic rings. The van der Waals surface area contributed by atoms with Crippen LogP contribution in [0.4, 0.5) is 0 Å². The highest BCUT2D eigenvalue weighted by molar-refractivity contribution is 5.58. The Labute approximate surface area is 167 Å². The van der Waals surface area contributed by atoms with Crippen LogP contribution >= 0.6 is 0 Å². The summed E-state index contributed by atoms with van der Waals surface area (Å²) >= 11 is 0. The molecule has 0 saturated heterocycles. The number of fused-ring (bicyclic) bond motifs is 1. The van der Waals surface area contributed by atoms with E-state index in [0.29, 0.717) is 5.75 Å². The van der Waals surface area contributed by atoms with Crippen LogP contribution in [0.15, 0.2) is 0 Å². The first kappa shape index (κ1) is 22.1. The van der Waals surface area contributed by atoms with Gasteiger partial charge in [0.25, 0.3) is 0 Å². The summed E-state index contributed by atoms with van der Waals surface area (Å²) in [4.78, 5) is 0. The molecule has 0 spiro atoms. The number of benzene rings is 1. The molecule has 154 valence electrons. The zero-order valence-corrected chi connectivity index (χ0v) is 19.3. The van der Waals surface area contributed by atoms with Gasteiger partial charge in [0, 0.05) is 5.56 Å². The summed E-state index contributed by atoms with van der Waals surface area (Å²) in [5.41, 5.74) is 4.40. The van der Waals surface area contributed by atoms with Gasteiger partial charge in [-0.15, -0.1) is 0 Å². The second kappa shape index (κ2) is 8.05. The molecule has 1 N–H and O–H groups in total. The van der Waals surface area contributed by atoms with Gasteiger partial charge in [-0.05, 0) is 93.7 Å². The number of aromatic hydroxyl groups is 1. The van der Waals surface area contributed by atoms with E-state index < -0.39 is 0 Å². The van der Waals surface area contributed by atoms with Crippen LogP contribution in [-0.4, -0.2) is 10.7 Å². The zero-order valence-electron chi connectivity index (χ0n) is 19.3. The van der Waals surface area contributed by atoms with E-state index >= 15 is 0 Å². The van der Waals surface area contributed by atoms with E-state index in [1.165, 1.54) is 24.8 Å². The summed E-state index contributed by atoms with van der Waals surface area (Å²) in [7, 11) is 0. The van der Waals surface area contributed by atoms with Gasteiger partial charge in [0.2, 0.25) is 0 Å². The molecule has 1 heterocycles. The standard InChI is InChI=1S/C25H42O2/c1-16(2)14-17(3)10-12-24(7,8)15-25(9)13-11-21-20(6)22(26)18(4)19(5)23(21)27-25/h16-17,26H,10-15H2,1-9H3. The lowest BCUT2D eigenvalue weighted by Gasteiger charge is -2.42. The Hall–Kier alpha value is -1.18. The summed E-state index contributed by atoms with van der Waals surface area (Å²) in [5, 5.41) is 10.4. The van der Waals surface area contributed by atoms with Gasteiger partial charge in [-0.3, -0.25) is 0 Å². The van der Waals surface area contributed by atoms with Crippen LogP contribution in [0.25, 0.3) is 0 Å². The zero-order chi connectivity index (χ0) is 20.6. The van der Waals surface area contributed by atoms with Crippen LogP contribution in [0.5, 0.6) is 11.5 Å². The van der Waals surface area contributed by atoms with Crippen LogP contribution in [0, 0.1) is 38.0 Å². The monoisotopic (exact) mass is 374 g/mol. The minimum Gasteiger partial charge on any atom is -0.507 e. The fourth-order valence-corrected chi connectivity index (χ4v) is 5.08. The fraction of sp³-hybridized carbons (Fsp3) is 0.760. The van der Waals surface area contributed by atoms with Crippen LogP contribution < -0.4 is 4.74 Å². The second-order valence-electron chi connectivity index (χ2n) is 10.7. The van der Waals surface area contributed by atoms with Gasteiger partial charge in [0.1, 0.15) is 17.1 Å². The summed E-state index contributed by atoms with van der Waals surface area (Å²) in [6, 6.07) is 0. The average Bonchev–Trinajstić information content (AvgIpc) is 2.55. The first-order valence-corrected chi connectivity index (χ1v) is 10.9. The minimum absolute atomic E-state index is 0.127. The molecule has 1 aliphatic heterocycles. The van der Waals surface area contributed by atoms with Crippen LogP contribution in [0.1, 0.15) is 95.9 Å². The molecule has 2 nitrogen and oxygen atoms in total. The number of rotatable bonds is 7. The summed E-state index contributed by atoms with van der Waals surface area (Å²) < 4.78 is 6.66. The maximum Gasteiger partial charge on any atom is 0.127 e. The number of phenolic OH excluding ortho intramolecular Hbond substituents is 1. The van der Waals surface area contributed by atoms with Crippen molar-refractivity contribution in [1.29, 1.82) is 0 Å². The summed E-state index contributed by atoms with van der Waals surface area (Å²) in [6.45, 7) is 20.2. The van der Waals surface area contributed by atoms with Crippen molar-refractivity contribution in [2.24, 2.45) is 17.3 Å². The number of hydrogen-bond acceptors (Lipinski definition) is 2. The van der Waals surface area contributed by atoms with Crippen molar-refractivity contribution in [3.05, 3.63) is 22.3 Å². The van der Waals surface area contributed by atoms with Gasteiger partial charge >= 0.3 is 0 Å². The lowest BCUT2D eigenvalue weighted by Crippen LogP contribution is -2.41. The molecule has 2 unspecified atom stereocenters. The quantitative estimate of drug-likeness (QED) is 0.543. The lowest BCUT2D eigenvalue weighted by atomic mass is 9.73. The van der Waals surface area contributed by atoms with Gasteiger partial charge in [-0.25, -0.2) is 0 Å². The highest BCUT2D eigenvalue weighted by Gasteiger charge is 2.38. The predicted molar refractivity (Wildman–Crippen MR) is 116 cm³/mol. The van der Waals surface area contributed by atoms with E-state index in [0.717, 1.165) is 53.5 Å². The third kappa shape index (κ3) is 5.21. The Morgan fingerprint density at radius 3 is 2.30 bits per heavy atom. The van der Waals surface area contributed by atoms with Crippen LogP contribution in [0.3, 0.4) is 0 Å². The van der Waals surface area contributed by atoms with Crippen molar-refractivity contribution in [2.45, 2.75) is 106 Å². The van der Waals surface area contributed by atoms with E-state index in [4.69, 9.17) is 4.74 Å². The highest BCUT2D eigenvalue weighted by Crippen LogP contribution is 2.47. The molecular weight excluding hydrogens is 332 g/mol. The Bertz CT molecular complexity index is 672. The summed E-state index contributed by atoms with van der Waals surface area (Å²) in [6.07, 6.45) is 6.95. The molecule has 2 rings (SSSR count). The Balaban J connectivity index is 2.12. The maximum absolute atomic E-state index is 10.4. The normalized spacial score (nSPS) is 21.1. The van der Waals surface area contributed by atoms with Gasteiger partial charge in [-0.1, -0.05) is 41.0 Å². The highest BCUT2D eigenvalue weighted by atomic mass is 16.5. The van der Waals surface area contributed by atoms with Crippen molar-refractivity contribution < 1.29 is 9.84 Å². The minimum atomic E-state index is -0.127. The molecule has 27 heavy (non-hydrogen) atoms. The van der Waals surface area contributed by atoms with Gasteiger partial charge in [-0.2, -0.15) is 0 Å². The fourth-order valence-electron chi connectivity index (χ4n) is 5.08. The van der Waals surface area contributed by atoms with Gasteiger partial charge in [0.15, 0.2) is 0 Å². The first-order chi connectivity index (χ1) is 12.4. The smallest absolute Gasteiger partial charge is 0.127 e. The molecular formula is C25H42O2. The van der Waals surface area contributed by atoms with E-state index in [1.54, 1.807) is 0 Å². The topological polar surface area (TPSA) is 29.5 Å². The Kier molecular flexibility index (Phi) is 6.59. The van der Waals surface area contributed by atoms with E-state index in [9.17, 15) is 5.11 Å². The molecule has 2 heteroatoms. The van der Waals surface area contributed by atoms with Crippen molar-refractivity contribution in [3.63, 3.8) is 0 Å². The van der Waals surface area contributed by atoms with Crippen molar-refractivity contribution >= 4 is 0 Å². The number of hydrogen-bond donors (Lipinski definition) is 1. The molecule has 0 bridgehead atoms. The first-order valence-electron chi connectivity index (χ1n) is 10.9. The average molecular weight is 375 g/mol. The largest absolute Gasteiger partial charge is 0.507 e. The molecule has 0 fully saturated rings. The van der Waals surface area contributed by atoms with E-state index in [2.05, 4.69) is 48.5 Å². The molecule has 1 aromatic carbocycles. The second-order valence-corrected chi connectivity index (χ2v) is 10.7. The molecule has 0 amide bonds. The number of phenols is 1. The lowest BCUT2D eigenvalue weighted by molar-refractivity contribution is 0.0154. The molecule has 0 aromatic heterocycles. The van der Waals surface area contributed by atoms with Crippen LogP contribution in [-0.2, 0) is 6.42 Å². The molecule has 2 atom stereocenters. The van der Waals surface area contributed by atoms with E-state index in [1.807, 2.05) is 13.8 Å². The number of ether oxygens (including phenoxy) is 1. The summed E-state index contributed by atoms with van der Waals surface area (Å²) in [5.74, 6) is 3.05. The predicted octanol–water partition coefficient (Wildman–Crippen LogP) is 7.28. The Morgan fingerprint density at radius 2 is 1.70 bits per heavy atom. The van der Waals surface area contributed by atoms with Crippen LogP contribution in [0.2, 0.25) is 0 Å². The van der Waals surface area contributed by atoms with Crippen molar-refractivity contribution in [3.8, 4) is 11.5 Å². The third-order valence-corrected chi connectivity index (χ3v) is 6.63. The van der Waals surface area contributed by atoms with E-state index in [-0.39, 0.29) is 11.0 Å². The molecule has 0 aliphatic carbocycles. The van der Waals surface area contributed by atoms with Crippen molar-refractivity contribution in [2.75, 3.05) is 0 Å². The van der Waals surface area contributed by atoms with Crippen molar-refractivity contribution in [1.82, 2.24) is 0 Å². The molecule has 1 aromatic rings. The van der Waals surface area contributed by atoms with Gasteiger partial charge < -0.3 is 9.84 Å². The molecule has 0 saturated carbocycles. The Morgan fingerprint density at radius 1 is 1.07 bits per heavy atom. The van der Waals surface area contributed by atoms with Gasteiger partial charge in [0.05, 0.1) is 0 Å². The molecule has 0 radical (unpaired) electrons. The SMILES string of the molecule is Cc1c(C)c2c(c(C)c1O)CCC(C)(CC(C)(C)CCC(C)CC(C)C)O2. The maximum atomic E-state index is 10.4. The third-order valence-electron chi connectivity index (χ3n) is 6.63.